The number of fused-ring (bicyclic) bond motifs is 2. The number of nitrogens with one attached hydrogen (secondary N) is 1. The summed E-state index contributed by atoms with van der Waals surface area (Å²) in [5.74, 6) is -1.60. The van der Waals surface area contributed by atoms with E-state index in [1.807, 2.05) is 30.3 Å². The van der Waals surface area contributed by atoms with E-state index in [9.17, 15) is 19.5 Å². The fourth-order valence-corrected chi connectivity index (χ4v) is 3.70. The largest absolute Gasteiger partial charge is 0.507 e. The molecule has 3 aromatic carbocycles. The van der Waals surface area contributed by atoms with Crippen LogP contribution in [-0.4, -0.2) is 35.8 Å². The predicted molar refractivity (Wildman–Crippen MR) is 111 cm³/mol. The van der Waals surface area contributed by atoms with Crippen LogP contribution >= 0.6 is 0 Å². The molecule has 0 heterocycles. The van der Waals surface area contributed by atoms with E-state index in [1.54, 1.807) is 24.3 Å². The summed E-state index contributed by atoms with van der Waals surface area (Å²) in [6.07, 6.45) is 0.321. The number of methoxy groups -OCH3 is 1. The lowest BCUT2D eigenvalue weighted by molar-refractivity contribution is -0.141. The molecule has 0 aliphatic heterocycles. The van der Waals surface area contributed by atoms with Crippen LogP contribution in [0.2, 0.25) is 0 Å². The summed E-state index contributed by atoms with van der Waals surface area (Å²) >= 11 is 0. The van der Waals surface area contributed by atoms with E-state index in [0.29, 0.717) is 12.1 Å². The van der Waals surface area contributed by atoms with Gasteiger partial charge in [-0.2, -0.15) is 0 Å². The minimum atomic E-state index is -0.786. The molecule has 4 rings (SSSR count). The highest BCUT2D eigenvalue weighted by molar-refractivity contribution is 6.31. The van der Waals surface area contributed by atoms with Gasteiger partial charge in [0.05, 0.1) is 18.2 Å². The molecule has 30 heavy (non-hydrogen) atoms. The number of aromatic hydroxyl groups is 1. The molecule has 0 unspecified atom stereocenters. The highest BCUT2D eigenvalue weighted by Crippen LogP contribution is 2.37. The summed E-state index contributed by atoms with van der Waals surface area (Å²) in [6.45, 7) is 0. The van der Waals surface area contributed by atoms with Gasteiger partial charge in [0, 0.05) is 23.2 Å². The van der Waals surface area contributed by atoms with Crippen LogP contribution in [0.4, 0.5) is 5.69 Å². The molecule has 0 spiro atoms. The maximum Gasteiger partial charge on any atom is 0.328 e. The lowest BCUT2D eigenvalue weighted by Crippen LogP contribution is -2.34. The molecule has 1 aliphatic rings. The van der Waals surface area contributed by atoms with Crippen molar-refractivity contribution in [3.05, 3.63) is 94.5 Å². The van der Waals surface area contributed by atoms with Crippen LogP contribution in [0.25, 0.3) is 0 Å². The number of ether oxygens (including phenoxy) is 1. The van der Waals surface area contributed by atoms with E-state index in [4.69, 9.17) is 4.74 Å². The average Bonchev–Trinajstić information content (AvgIpc) is 2.78. The molecule has 0 amide bonds. The Bertz CT molecular complexity index is 1150. The van der Waals surface area contributed by atoms with Crippen molar-refractivity contribution >= 4 is 23.2 Å². The van der Waals surface area contributed by atoms with Gasteiger partial charge >= 0.3 is 5.97 Å². The Balaban J connectivity index is 1.77. The smallest absolute Gasteiger partial charge is 0.328 e. The maximum atomic E-state index is 13.2. The van der Waals surface area contributed by atoms with Gasteiger partial charge < -0.3 is 15.2 Å². The van der Waals surface area contributed by atoms with Gasteiger partial charge in [-0.3, -0.25) is 9.59 Å². The number of carbonyl (C=O) groups is 3. The van der Waals surface area contributed by atoms with Crippen LogP contribution in [-0.2, 0) is 16.0 Å². The lowest BCUT2D eigenvalue weighted by Gasteiger charge is -2.24. The second kappa shape index (κ2) is 7.83. The van der Waals surface area contributed by atoms with E-state index >= 15 is 0 Å². The van der Waals surface area contributed by atoms with Gasteiger partial charge in [0.25, 0.3) is 0 Å². The van der Waals surface area contributed by atoms with Gasteiger partial charge in [-0.1, -0.05) is 54.6 Å². The van der Waals surface area contributed by atoms with Crippen LogP contribution in [0.15, 0.2) is 66.7 Å². The van der Waals surface area contributed by atoms with Crippen molar-refractivity contribution in [3.8, 4) is 5.75 Å². The number of phenols is 1. The van der Waals surface area contributed by atoms with Crippen LogP contribution in [0.3, 0.4) is 0 Å². The topological polar surface area (TPSA) is 92.7 Å². The summed E-state index contributed by atoms with van der Waals surface area (Å²) in [6, 6.07) is 17.9. The second-order valence-electron chi connectivity index (χ2n) is 7.00. The predicted octanol–water partition coefficient (Wildman–Crippen LogP) is 3.36. The number of anilines is 1. The van der Waals surface area contributed by atoms with Crippen LogP contribution in [0.5, 0.6) is 5.75 Å². The second-order valence-corrected chi connectivity index (χ2v) is 7.00. The molecule has 0 saturated carbocycles. The Morgan fingerprint density at radius 1 is 0.900 bits per heavy atom. The number of benzene rings is 3. The molecule has 0 fully saturated rings. The first-order valence-electron chi connectivity index (χ1n) is 9.44. The maximum absolute atomic E-state index is 13.2. The minimum absolute atomic E-state index is 0.0562. The SMILES string of the molecule is COC(=O)[C@H](Cc1ccccc1)Nc1ccc(O)c2c1C(=O)c1ccccc1C2=O. The van der Waals surface area contributed by atoms with Crippen molar-refractivity contribution in [2.45, 2.75) is 12.5 Å². The summed E-state index contributed by atoms with van der Waals surface area (Å²) in [4.78, 5) is 38.6. The molecule has 6 nitrogen and oxygen atoms in total. The van der Waals surface area contributed by atoms with Gasteiger partial charge in [-0.05, 0) is 17.7 Å². The normalized spacial score (nSPS) is 13.2. The molecule has 0 saturated heterocycles. The van der Waals surface area contributed by atoms with Crippen molar-refractivity contribution in [2.24, 2.45) is 0 Å². The molecule has 0 bridgehead atoms. The molecule has 150 valence electrons. The van der Waals surface area contributed by atoms with Gasteiger partial charge in [-0.25, -0.2) is 4.79 Å². The number of esters is 1. The summed E-state index contributed by atoms with van der Waals surface area (Å²) in [5, 5.41) is 13.4. The lowest BCUT2D eigenvalue weighted by atomic mass is 9.82. The Labute approximate surface area is 173 Å². The molecular formula is C24H19NO5. The molecule has 6 heteroatoms. The van der Waals surface area contributed by atoms with Crippen molar-refractivity contribution in [1.82, 2.24) is 0 Å². The number of hydrogen-bond donors (Lipinski definition) is 2. The minimum Gasteiger partial charge on any atom is -0.507 e. The quantitative estimate of drug-likeness (QED) is 0.394. The molecule has 2 N–H and O–H groups in total. The first kappa shape index (κ1) is 19.4. The third-order valence-corrected chi connectivity index (χ3v) is 5.15. The Morgan fingerprint density at radius 2 is 1.50 bits per heavy atom. The van der Waals surface area contributed by atoms with Gasteiger partial charge in [0.2, 0.25) is 0 Å². The Morgan fingerprint density at radius 3 is 2.13 bits per heavy atom. The summed E-state index contributed by atoms with van der Waals surface area (Å²) in [7, 11) is 1.29. The number of carbonyl (C=O) groups excluding carboxylic acids is 3. The molecule has 0 aromatic heterocycles. The highest BCUT2D eigenvalue weighted by Gasteiger charge is 2.35. The summed E-state index contributed by atoms with van der Waals surface area (Å²) in [5.41, 5.74) is 1.70. The van der Waals surface area contributed by atoms with Crippen molar-refractivity contribution < 1.29 is 24.2 Å². The standard InChI is InChI=1S/C24H19NO5/c1-30-24(29)18(13-14-7-3-2-4-8-14)25-17-11-12-19(26)21-20(17)22(27)15-9-5-6-10-16(15)23(21)28/h2-12,18,25-26H,13H2,1H3/t18-/m0/s1. The van der Waals surface area contributed by atoms with Crippen LogP contribution in [0, 0.1) is 0 Å². The molecule has 1 aliphatic carbocycles. The van der Waals surface area contributed by atoms with Crippen molar-refractivity contribution in [2.75, 3.05) is 12.4 Å². The number of rotatable bonds is 5. The van der Waals surface area contributed by atoms with Crippen molar-refractivity contribution in [1.29, 1.82) is 0 Å². The van der Waals surface area contributed by atoms with Gasteiger partial charge in [0.1, 0.15) is 11.8 Å². The van der Waals surface area contributed by atoms with Crippen LogP contribution < -0.4 is 5.32 Å². The van der Waals surface area contributed by atoms with Gasteiger partial charge in [-0.15, -0.1) is 0 Å². The average molecular weight is 401 g/mol. The molecule has 3 aromatic rings. The molecule has 1 atom stereocenters. The van der Waals surface area contributed by atoms with Gasteiger partial charge in [0.15, 0.2) is 11.6 Å². The monoisotopic (exact) mass is 401 g/mol. The third kappa shape index (κ3) is 3.33. The molecule has 0 radical (unpaired) electrons. The molecular weight excluding hydrogens is 382 g/mol. The van der Waals surface area contributed by atoms with E-state index in [1.165, 1.54) is 19.2 Å². The first-order chi connectivity index (χ1) is 14.5. The zero-order valence-electron chi connectivity index (χ0n) is 16.2. The van der Waals surface area contributed by atoms with E-state index in [0.717, 1.165) is 5.56 Å². The zero-order chi connectivity index (χ0) is 21.3. The van der Waals surface area contributed by atoms with E-state index < -0.39 is 17.8 Å². The fraction of sp³-hybridized carbons (Fsp3) is 0.125. The summed E-state index contributed by atoms with van der Waals surface area (Å²) < 4.78 is 4.93. The number of phenolic OH excluding ortho intramolecular Hbond substituents is 1. The van der Waals surface area contributed by atoms with E-state index in [2.05, 4.69) is 5.32 Å². The zero-order valence-corrected chi connectivity index (χ0v) is 16.2. The van der Waals surface area contributed by atoms with Crippen LogP contribution in [0.1, 0.15) is 37.4 Å². The Kier molecular flexibility index (Phi) is 5.06. The van der Waals surface area contributed by atoms with E-state index in [-0.39, 0.29) is 33.8 Å². The highest BCUT2D eigenvalue weighted by atomic mass is 16.5. The third-order valence-electron chi connectivity index (χ3n) is 5.15. The number of ketones is 2. The number of hydrogen-bond acceptors (Lipinski definition) is 6. The Hall–Kier alpha value is -3.93. The van der Waals surface area contributed by atoms with Crippen molar-refractivity contribution in [3.63, 3.8) is 0 Å². The fourth-order valence-electron chi connectivity index (χ4n) is 3.70. The first-order valence-corrected chi connectivity index (χ1v) is 9.44.